The van der Waals surface area contributed by atoms with E-state index in [2.05, 4.69) is 4.98 Å². The number of nitrogens with zero attached hydrogens (tertiary/aromatic N) is 3. The number of sulfonamides is 1. The number of hydrogen-bond acceptors (Lipinski definition) is 6. The zero-order valence-corrected chi connectivity index (χ0v) is 22.2. The van der Waals surface area contributed by atoms with Gasteiger partial charge >= 0.3 is 0 Å². The van der Waals surface area contributed by atoms with Crippen LogP contribution in [0.1, 0.15) is 46.0 Å². The molecular weight excluding hydrogens is 478 g/mol. The van der Waals surface area contributed by atoms with Crippen molar-refractivity contribution in [3.05, 3.63) is 42.7 Å². The van der Waals surface area contributed by atoms with Crippen molar-refractivity contribution in [3.63, 3.8) is 0 Å². The Labute approximate surface area is 214 Å². The van der Waals surface area contributed by atoms with Crippen LogP contribution >= 0.6 is 0 Å². The second kappa shape index (κ2) is 11.3. The number of aromatic nitrogens is 1. The highest BCUT2D eigenvalue weighted by molar-refractivity contribution is 7.89. The van der Waals surface area contributed by atoms with Crippen molar-refractivity contribution in [2.24, 2.45) is 11.8 Å². The maximum absolute atomic E-state index is 13.7. The first kappa shape index (κ1) is 26.6. The predicted molar refractivity (Wildman–Crippen MR) is 138 cm³/mol. The van der Waals surface area contributed by atoms with Gasteiger partial charge in [0.1, 0.15) is 16.7 Å². The molecule has 0 bridgehead atoms. The van der Waals surface area contributed by atoms with Crippen LogP contribution in [-0.4, -0.2) is 72.5 Å². The van der Waals surface area contributed by atoms with Crippen LogP contribution in [0.5, 0.6) is 5.75 Å². The molecule has 8 nitrogen and oxygen atoms in total. The second-order valence-corrected chi connectivity index (χ2v) is 12.0. The van der Waals surface area contributed by atoms with Gasteiger partial charge in [0.2, 0.25) is 15.9 Å². The van der Waals surface area contributed by atoms with Crippen LogP contribution in [0.3, 0.4) is 0 Å². The molecule has 1 aliphatic carbocycles. The Kier molecular flexibility index (Phi) is 8.32. The van der Waals surface area contributed by atoms with Gasteiger partial charge in [0.25, 0.3) is 0 Å². The molecule has 1 amide bonds. The van der Waals surface area contributed by atoms with Crippen molar-refractivity contribution in [2.75, 3.05) is 26.7 Å². The van der Waals surface area contributed by atoms with Gasteiger partial charge in [-0.3, -0.25) is 9.78 Å². The summed E-state index contributed by atoms with van der Waals surface area (Å²) in [5.41, 5.74) is 1.71. The molecule has 4 rings (SSSR count). The summed E-state index contributed by atoms with van der Waals surface area (Å²) in [6, 6.07) is 8.20. The van der Waals surface area contributed by atoms with Crippen LogP contribution < -0.4 is 4.74 Å². The maximum atomic E-state index is 13.7. The molecule has 0 saturated heterocycles. The molecule has 3 atom stereocenters. The Morgan fingerprint density at radius 3 is 2.53 bits per heavy atom. The lowest BCUT2D eigenvalue weighted by Crippen LogP contribution is -2.50. The number of rotatable bonds is 6. The van der Waals surface area contributed by atoms with Gasteiger partial charge in [0, 0.05) is 43.9 Å². The smallest absolute Gasteiger partial charge is 0.247 e. The Bertz CT molecular complexity index is 1150. The third-order valence-corrected chi connectivity index (χ3v) is 9.48. The number of benzene rings is 1. The highest BCUT2D eigenvalue weighted by Crippen LogP contribution is 2.36. The summed E-state index contributed by atoms with van der Waals surface area (Å²) < 4.78 is 35.2. The molecule has 0 unspecified atom stereocenters. The number of carbonyl (C=O) groups excluding carboxylic acids is 1. The average Bonchev–Trinajstić information content (AvgIpc) is 2.90. The van der Waals surface area contributed by atoms with E-state index in [9.17, 15) is 18.3 Å². The number of aliphatic hydroxyl groups is 1. The minimum atomic E-state index is -3.92. The molecular formula is C27H37N3O5S. The Balaban J connectivity index is 1.70. The number of likely N-dealkylation sites (N-methyl/N-ethyl adjacent to an activating group) is 1. The van der Waals surface area contributed by atoms with E-state index < -0.39 is 22.2 Å². The monoisotopic (exact) mass is 515 g/mol. The summed E-state index contributed by atoms with van der Waals surface area (Å²) in [7, 11) is -2.11. The first-order chi connectivity index (χ1) is 17.2. The lowest BCUT2D eigenvalue weighted by Gasteiger charge is -2.38. The molecule has 1 aromatic carbocycles. The van der Waals surface area contributed by atoms with Crippen LogP contribution in [0.15, 0.2) is 47.6 Å². The SMILES string of the molecule is C[C@@H]1CN([C@H](C)CO)S(=O)(=O)c2ccc(-c3ccncc3)cc2O[C@H]1CN(C)C(=O)C1CCCCC1. The fourth-order valence-corrected chi connectivity index (χ4v) is 7.01. The summed E-state index contributed by atoms with van der Waals surface area (Å²) in [4.78, 5) is 19.0. The van der Waals surface area contributed by atoms with Crippen molar-refractivity contribution in [3.8, 4) is 16.9 Å². The molecule has 1 fully saturated rings. The van der Waals surface area contributed by atoms with E-state index in [1.807, 2.05) is 26.1 Å². The van der Waals surface area contributed by atoms with Gasteiger partial charge < -0.3 is 14.7 Å². The molecule has 196 valence electrons. The normalized spacial score (nSPS) is 23.6. The first-order valence-corrected chi connectivity index (χ1v) is 14.2. The second-order valence-electron chi connectivity index (χ2n) is 10.2. The molecule has 0 spiro atoms. The molecule has 1 aromatic heterocycles. The Hall–Kier alpha value is -2.49. The van der Waals surface area contributed by atoms with E-state index in [1.165, 1.54) is 10.7 Å². The fourth-order valence-electron chi connectivity index (χ4n) is 5.19. The number of hydrogen-bond donors (Lipinski definition) is 1. The predicted octanol–water partition coefficient (Wildman–Crippen LogP) is 3.56. The minimum absolute atomic E-state index is 0.0458. The zero-order chi connectivity index (χ0) is 25.9. The summed E-state index contributed by atoms with van der Waals surface area (Å²) in [5, 5.41) is 9.84. The van der Waals surface area contributed by atoms with E-state index in [4.69, 9.17) is 4.74 Å². The number of carbonyl (C=O) groups is 1. The van der Waals surface area contributed by atoms with Gasteiger partial charge in [-0.1, -0.05) is 32.3 Å². The molecule has 9 heteroatoms. The van der Waals surface area contributed by atoms with E-state index in [1.54, 1.807) is 42.4 Å². The van der Waals surface area contributed by atoms with Gasteiger partial charge in [-0.2, -0.15) is 4.31 Å². The van der Waals surface area contributed by atoms with E-state index >= 15 is 0 Å². The Morgan fingerprint density at radius 2 is 1.86 bits per heavy atom. The summed E-state index contributed by atoms with van der Waals surface area (Å²) >= 11 is 0. The number of amides is 1. The summed E-state index contributed by atoms with van der Waals surface area (Å²) in [6.45, 7) is 3.89. The lowest BCUT2D eigenvalue weighted by atomic mass is 9.88. The molecule has 1 N–H and O–H groups in total. The van der Waals surface area contributed by atoms with Crippen LogP contribution in [0.2, 0.25) is 0 Å². The highest BCUT2D eigenvalue weighted by Gasteiger charge is 2.39. The van der Waals surface area contributed by atoms with Crippen molar-refractivity contribution in [2.45, 2.75) is 63.0 Å². The topological polar surface area (TPSA) is 100 Å². The van der Waals surface area contributed by atoms with Crippen LogP contribution in [0.4, 0.5) is 0 Å². The number of pyridine rings is 1. The fraction of sp³-hybridized carbons (Fsp3) is 0.556. The van der Waals surface area contributed by atoms with E-state index in [0.717, 1.165) is 36.8 Å². The summed E-state index contributed by atoms with van der Waals surface area (Å²) in [6.07, 6.45) is 8.13. The van der Waals surface area contributed by atoms with Gasteiger partial charge in [0.05, 0.1) is 13.2 Å². The molecule has 36 heavy (non-hydrogen) atoms. The third-order valence-electron chi connectivity index (χ3n) is 7.47. The highest BCUT2D eigenvalue weighted by atomic mass is 32.2. The Morgan fingerprint density at radius 1 is 1.17 bits per heavy atom. The van der Waals surface area contributed by atoms with E-state index in [-0.39, 0.29) is 41.5 Å². The van der Waals surface area contributed by atoms with Crippen LogP contribution in [-0.2, 0) is 14.8 Å². The maximum Gasteiger partial charge on any atom is 0.247 e. The molecule has 0 radical (unpaired) electrons. The van der Waals surface area contributed by atoms with Crippen molar-refractivity contribution in [1.82, 2.24) is 14.2 Å². The standard InChI is InChI=1S/C27H37N3O5S/c1-19-16-30(20(2)18-31)36(33,34)26-10-9-23(21-11-13-28-14-12-21)15-24(26)35-25(19)17-29(3)27(32)22-7-5-4-6-8-22/h9-15,19-20,22,25,31H,4-8,16-18H2,1-3H3/t19-,20-,25+/m1/s1. The van der Waals surface area contributed by atoms with Gasteiger partial charge in [-0.15, -0.1) is 0 Å². The molecule has 1 saturated carbocycles. The average molecular weight is 516 g/mol. The van der Waals surface area contributed by atoms with Gasteiger partial charge in [-0.05, 0) is 55.2 Å². The molecule has 2 aliphatic rings. The largest absolute Gasteiger partial charge is 0.487 e. The van der Waals surface area contributed by atoms with Crippen molar-refractivity contribution in [1.29, 1.82) is 0 Å². The van der Waals surface area contributed by atoms with Crippen molar-refractivity contribution < 1.29 is 23.1 Å². The third kappa shape index (κ3) is 5.58. The van der Waals surface area contributed by atoms with Crippen LogP contribution in [0.25, 0.3) is 11.1 Å². The lowest BCUT2D eigenvalue weighted by molar-refractivity contribution is -0.136. The molecule has 2 heterocycles. The molecule has 2 aromatic rings. The van der Waals surface area contributed by atoms with Crippen molar-refractivity contribution >= 4 is 15.9 Å². The minimum Gasteiger partial charge on any atom is -0.487 e. The van der Waals surface area contributed by atoms with E-state index in [0.29, 0.717) is 6.54 Å². The number of aliphatic hydroxyl groups excluding tert-OH is 1. The zero-order valence-electron chi connectivity index (χ0n) is 21.3. The van der Waals surface area contributed by atoms with Gasteiger partial charge in [-0.25, -0.2) is 8.42 Å². The number of ether oxygens (including phenoxy) is 1. The van der Waals surface area contributed by atoms with Gasteiger partial charge in [0.15, 0.2) is 0 Å². The van der Waals surface area contributed by atoms with Crippen LogP contribution in [0, 0.1) is 11.8 Å². The number of fused-ring (bicyclic) bond motifs is 1. The first-order valence-electron chi connectivity index (χ1n) is 12.8. The molecule has 1 aliphatic heterocycles. The summed E-state index contributed by atoms with van der Waals surface area (Å²) in [5.74, 6) is 0.221. The quantitative estimate of drug-likeness (QED) is 0.632.